The number of carbonyl (C=O) groups is 1. The van der Waals surface area contributed by atoms with Crippen LogP contribution in [-0.4, -0.2) is 25.7 Å². The highest BCUT2D eigenvalue weighted by molar-refractivity contribution is 5.94. The number of rotatable bonds is 4. The summed E-state index contributed by atoms with van der Waals surface area (Å²) >= 11 is 0. The molecule has 23 heavy (non-hydrogen) atoms. The van der Waals surface area contributed by atoms with E-state index in [9.17, 15) is 4.79 Å². The molecular weight excluding hydrogens is 290 g/mol. The van der Waals surface area contributed by atoms with Crippen molar-refractivity contribution in [2.75, 3.05) is 24.7 Å². The molecule has 0 saturated heterocycles. The van der Waals surface area contributed by atoms with Gasteiger partial charge in [0.15, 0.2) is 11.5 Å². The normalized spacial score (nSPS) is 12.8. The first-order chi connectivity index (χ1) is 11.2. The summed E-state index contributed by atoms with van der Waals surface area (Å²) in [6.07, 6.45) is 0.352. The third-order valence-corrected chi connectivity index (χ3v) is 4.03. The third-order valence-electron chi connectivity index (χ3n) is 4.03. The predicted octanol–water partition coefficient (Wildman–Crippen LogP) is 3.36. The fraction of sp³-hybridized carbons (Fsp3) is 0.316. The molecule has 1 aliphatic rings. The lowest BCUT2D eigenvalue weighted by atomic mass is 10.0. The third kappa shape index (κ3) is 3.31. The lowest BCUT2D eigenvalue weighted by Gasteiger charge is -2.23. The molecular formula is C19H21NO3. The Morgan fingerprint density at radius 2 is 1.74 bits per heavy atom. The fourth-order valence-electron chi connectivity index (χ4n) is 2.79. The van der Waals surface area contributed by atoms with E-state index in [0.717, 1.165) is 28.3 Å². The van der Waals surface area contributed by atoms with Crippen molar-refractivity contribution >= 4 is 11.6 Å². The number of hydrogen-bond acceptors (Lipinski definition) is 3. The van der Waals surface area contributed by atoms with E-state index in [-0.39, 0.29) is 5.91 Å². The highest BCUT2D eigenvalue weighted by Gasteiger charge is 2.19. The maximum Gasteiger partial charge on any atom is 0.231 e. The summed E-state index contributed by atoms with van der Waals surface area (Å²) in [6.45, 7) is 5.75. The van der Waals surface area contributed by atoms with Crippen LogP contribution in [0.15, 0.2) is 42.5 Å². The zero-order valence-corrected chi connectivity index (χ0v) is 13.5. The van der Waals surface area contributed by atoms with Crippen molar-refractivity contribution in [1.82, 2.24) is 0 Å². The van der Waals surface area contributed by atoms with Gasteiger partial charge in [0.1, 0.15) is 13.2 Å². The molecule has 0 saturated carbocycles. The Morgan fingerprint density at radius 3 is 2.39 bits per heavy atom. The summed E-state index contributed by atoms with van der Waals surface area (Å²) in [4.78, 5) is 14.5. The number of nitrogens with zero attached hydrogens (tertiary/aromatic N) is 1. The molecule has 0 aromatic heterocycles. The molecule has 1 amide bonds. The number of fused-ring (bicyclic) bond motifs is 1. The van der Waals surface area contributed by atoms with Gasteiger partial charge < -0.3 is 14.4 Å². The first-order valence-corrected chi connectivity index (χ1v) is 7.93. The quantitative estimate of drug-likeness (QED) is 0.869. The summed E-state index contributed by atoms with van der Waals surface area (Å²) < 4.78 is 11.2. The minimum Gasteiger partial charge on any atom is -0.486 e. The highest BCUT2D eigenvalue weighted by Crippen LogP contribution is 2.33. The molecule has 0 radical (unpaired) electrons. The lowest BCUT2D eigenvalue weighted by Crippen LogP contribution is -2.32. The van der Waals surface area contributed by atoms with Gasteiger partial charge in [-0.3, -0.25) is 4.79 Å². The van der Waals surface area contributed by atoms with Crippen molar-refractivity contribution in [2.24, 2.45) is 0 Å². The van der Waals surface area contributed by atoms with Gasteiger partial charge in [-0.05, 0) is 49.2 Å². The molecule has 0 N–H and O–H groups in total. The Balaban J connectivity index is 1.82. The van der Waals surface area contributed by atoms with Crippen LogP contribution in [0.2, 0.25) is 0 Å². The topological polar surface area (TPSA) is 38.8 Å². The van der Waals surface area contributed by atoms with E-state index in [0.29, 0.717) is 26.2 Å². The van der Waals surface area contributed by atoms with Crippen LogP contribution in [0.5, 0.6) is 11.5 Å². The van der Waals surface area contributed by atoms with Crippen LogP contribution in [0.25, 0.3) is 0 Å². The van der Waals surface area contributed by atoms with Gasteiger partial charge in [0.25, 0.3) is 0 Å². The van der Waals surface area contributed by atoms with E-state index in [1.807, 2.05) is 56.3 Å². The maximum atomic E-state index is 12.7. The number of para-hydroxylation sites is 1. The van der Waals surface area contributed by atoms with Gasteiger partial charge in [-0.15, -0.1) is 0 Å². The van der Waals surface area contributed by atoms with Crippen molar-refractivity contribution in [3.05, 3.63) is 53.6 Å². The molecule has 2 aromatic carbocycles. The molecule has 0 bridgehead atoms. The van der Waals surface area contributed by atoms with E-state index < -0.39 is 0 Å². The molecule has 3 rings (SSSR count). The average molecular weight is 311 g/mol. The molecule has 0 unspecified atom stereocenters. The fourth-order valence-corrected chi connectivity index (χ4v) is 2.79. The van der Waals surface area contributed by atoms with Crippen LogP contribution in [-0.2, 0) is 11.2 Å². The zero-order valence-electron chi connectivity index (χ0n) is 13.5. The number of anilines is 1. The van der Waals surface area contributed by atoms with Gasteiger partial charge in [-0.25, -0.2) is 0 Å². The van der Waals surface area contributed by atoms with Crippen molar-refractivity contribution in [3.63, 3.8) is 0 Å². The lowest BCUT2D eigenvalue weighted by molar-refractivity contribution is -0.117. The van der Waals surface area contributed by atoms with E-state index in [1.165, 1.54) is 0 Å². The number of hydrogen-bond donors (Lipinski definition) is 0. The van der Waals surface area contributed by atoms with Gasteiger partial charge in [0.05, 0.1) is 6.42 Å². The van der Waals surface area contributed by atoms with Crippen LogP contribution < -0.4 is 14.4 Å². The first kappa shape index (κ1) is 15.4. The van der Waals surface area contributed by atoms with Gasteiger partial charge >= 0.3 is 0 Å². The van der Waals surface area contributed by atoms with Crippen LogP contribution in [0.3, 0.4) is 0 Å². The van der Waals surface area contributed by atoms with Gasteiger partial charge in [-0.1, -0.05) is 18.2 Å². The maximum absolute atomic E-state index is 12.7. The largest absolute Gasteiger partial charge is 0.486 e. The Bertz CT molecular complexity index is 697. The number of carbonyl (C=O) groups excluding carboxylic acids is 1. The second-order valence-electron chi connectivity index (χ2n) is 5.57. The van der Waals surface area contributed by atoms with E-state index in [4.69, 9.17) is 9.47 Å². The number of ether oxygens (including phenoxy) is 2. The SMILES string of the molecule is CCN(C(=O)Cc1cc2c(cc1C)OCCO2)c1ccccc1. The van der Waals surface area contributed by atoms with E-state index in [2.05, 4.69) is 0 Å². The summed E-state index contributed by atoms with van der Waals surface area (Å²) in [5.41, 5.74) is 2.95. The van der Waals surface area contributed by atoms with Gasteiger partial charge in [0.2, 0.25) is 5.91 Å². The Hall–Kier alpha value is -2.49. The van der Waals surface area contributed by atoms with Crippen molar-refractivity contribution in [2.45, 2.75) is 20.3 Å². The van der Waals surface area contributed by atoms with Crippen LogP contribution >= 0.6 is 0 Å². The van der Waals surface area contributed by atoms with Crippen molar-refractivity contribution < 1.29 is 14.3 Å². The minimum atomic E-state index is 0.0819. The predicted molar refractivity (Wildman–Crippen MR) is 90.3 cm³/mol. The van der Waals surface area contributed by atoms with Crippen LogP contribution in [0.1, 0.15) is 18.1 Å². The summed E-state index contributed by atoms with van der Waals surface area (Å²) in [7, 11) is 0. The molecule has 2 aromatic rings. The van der Waals surface area contributed by atoms with E-state index >= 15 is 0 Å². The monoisotopic (exact) mass is 311 g/mol. The molecule has 1 aliphatic heterocycles. The Morgan fingerprint density at radius 1 is 1.09 bits per heavy atom. The number of amides is 1. The summed E-state index contributed by atoms with van der Waals surface area (Å²) in [6, 6.07) is 13.6. The van der Waals surface area contributed by atoms with E-state index in [1.54, 1.807) is 4.90 Å². The average Bonchev–Trinajstić information content (AvgIpc) is 2.57. The Labute approximate surface area is 136 Å². The molecule has 4 nitrogen and oxygen atoms in total. The molecule has 1 heterocycles. The summed E-state index contributed by atoms with van der Waals surface area (Å²) in [5.74, 6) is 1.58. The second-order valence-corrected chi connectivity index (χ2v) is 5.57. The minimum absolute atomic E-state index is 0.0819. The van der Waals surface area contributed by atoms with Crippen molar-refractivity contribution in [3.8, 4) is 11.5 Å². The van der Waals surface area contributed by atoms with Gasteiger partial charge in [-0.2, -0.15) is 0 Å². The second kappa shape index (κ2) is 6.73. The number of aryl methyl sites for hydroxylation is 1. The molecule has 0 aliphatic carbocycles. The number of benzene rings is 2. The molecule has 0 fully saturated rings. The molecule has 4 heteroatoms. The Kier molecular flexibility index (Phi) is 4.51. The smallest absolute Gasteiger partial charge is 0.231 e. The standard InChI is InChI=1S/C19H21NO3/c1-3-20(16-7-5-4-6-8-16)19(21)13-15-12-18-17(11-14(15)2)22-9-10-23-18/h4-8,11-12H,3,9-10,13H2,1-2H3. The van der Waals surface area contributed by atoms with Crippen molar-refractivity contribution in [1.29, 1.82) is 0 Å². The zero-order chi connectivity index (χ0) is 16.2. The highest BCUT2D eigenvalue weighted by atomic mass is 16.6. The van der Waals surface area contributed by atoms with Gasteiger partial charge in [0, 0.05) is 12.2 Å². The summed E-state index contributed by atoms with van der Waals surface area (Å²) in [5, 5.41) is 0. The first-order valence-electron chi connectivity index (χ1n) is 7.93. The number of likely N-dealkylation sites (N-methyl/N-ethyl adjacent to an activating group) is 1. The van der Waals surface area contributed by atoms with Crippen LogP contribution in [0, 0.1) is 6.92 Å². The molecule has 120 valence electrons. The molecule has 0 spiro atoms. The van der Waals surface area contributed by atoms with Crippen LogP contribution in [0.4, 0.5) is 5.69 Å². The molecule has 0 atom stereocenters.